The van der Waals surface area contributed by atoms with Gasteiger partial charge in [-0.25, -0.2) is 4.98 Å². The molecule has 2 nitrogen and oxygen atoms in total. The Hall–Kier alpha value is -0.870. The summed E-state index contributed by atoms with van der Waals surface area (Å²) >= 11 is 5.33. The molecule has 1 N–H and O–H groups in total. The van der Waals surface area contributed by atoms with E-state index in [0.717, 1.165) is 28.8 Å². The van der Waals surface area contributed by atoms with Crippen LogP contribution in [0.25, 0.3) is 0 Å². The molecular formula is C13H15BrN2S. The van der Waals surface area contributed by atoms with E-state index in [2.05, 4.69) is 58.3 Å². The van der Waals surface area contributed by atoms with Crippen molar-refractivity contribution >= 4 is 33.0 Å². The largest absolute Gasteiger partial charge is 0.384 e. The summed E-state index contributed by atoms with van der Waals surface area (Å²) in [5.74, 6) is 0. The van der Waals surface area contributed by atoms with Crippen LogP contribution < -0.4 is 5.32 Å². The Morgan fingerprint density at radius 3 is 2.88 bits per heavy atom. The molecule has 0 amide bonds. The Labute approximate surface area is 114 Å². The van der Waals surface area contributed by atoms with Gasteiger partial charge >= 0.3 is 0 Å². The van der Waals surface area contributed by atoms with Gasteiger partial charge < -0.3 is 5.32 Å². The molecule has 0 spiro atoms. The van der Waals surface area contributed by atoms with Gasteiger partial charge in [-0.05, 0) is 41.4 Å². The summed E-state index contributed by atoms with van der Waals surface area (Å²) in [6.07, 6.45) is 1.02. The Kier molecular flexibility index (Phi) is 4.18. The molecule has 1 aromatic carbocycles. The first-order valence-corrected chi connectivity index (χ1v) is 7.23. The van der Waals surface area contributed by atoms with E-state index in [1.165, 1.54) is 10.4 Å². The van der Waals surface area contributed by atoms with Crippen LogP contribution in [0.5, 0.6) is 0 Å². The number of anilines is 1. The number of thiazole rings is 1. The molecule has 1 aromatic heterocycles. The van der Waals surface area contributed by atoms with Gasteiger partial charge in [-0.2, -0.15) is 0 Å². The van der Waals surface area contributed by atoms with Crippen LogP contribution in [-0.2, 0) is 6.42 Å². The number of halogens is 1. The molecule has 0 aliphatic carbocycles. The highest BCUT2D eigenvalue weighted by Crippen LogP contribution is 2.25. The lowest BCUT2D eigenvalue weighted by molar-refractivity contribution is 1.02. The topological polar surface area (TPSA) is 24.9 Å². The second-order valence-corrected chi connectivity index (χ2v) is 5.71. The summed E-state index contributed by atoms with van der Waals surface area (Å²) in [5.41, 5.74) is 5.48. The predicted molar refractivity (Wildman–Crippen MR) is 77.9 cm³/mol. The maximum absolute atomic E-state index is 4.26. The minimum absolute atomic E-state index is 0.936. The van der Waals surface area contributed by atoms with Gasteiger partial charge in [0.2, 0.25) is 0 Å². The van der Waals surface area contributed by atoms with Gasteiger partial charge in [-0.15, -0.1) is 11.3 Å². The van der Waals surface area contributed by atoms with E-state index >= 15 is 0 Å². The number of hydrogen-bond acceptors (Lipinski definition) is 3. The molecule has 0 aliphatic heterocycles. The summed E-state index contributed by atoms with van der Waals surface area (Å²) in [5, 5.41) is 3.45. The van der Waals surface area contributed by atoms with Crippen LogP contribution in [0.4, 0.5) is 5.69 Å². The van der Waals surface area contributed by atoms with Gasteiger partial charge in [0.15, 0.2) is 0 Å². The first-order valence-electron chi connectivity index (χ1n) is 5.56. The number of nitrogens with zero attached hydrogens (tertiary/aromatic N) is 1. The highest BCUT2D eigenvalue weighted by Gasteiger charge is 2.03. The average Bonchev–Trinajstić information content (AvgIpc) is 2.71. The van der Waals surface area contributed by atoms with E-state index < -0.39 is 0 Å². The zero-order valence-corrected chi connectivity index (χ0v) is 12.4. The maximum atomic E-state index is 4.26. The lowest BCUT2D eigenvalue weighted by Crippen LogP contribution is -2.05. The van der Waals surface area contributed by atoms with E-state index in [-0.39, 0.29) is 0 Å². The highest BCUT2D eigenvalue weighted by molar-refractivity contribution is 9.10. The van der Waals surface area contributed by atoms with E-state index in [1.54, 1.807) is 11.3 Å². The minimum atomic E-state index is 0.936. The van der Waals surface area contributed by atoms with Crippen LogP contribution in [0, 0.1) is 13.8 Å². The van der Waals surface area contributed by atoms with Gasteiger partial charge in [0.1, 0.15) is 0 Å². The predicted octanol–water partition coefficient (Wildman–Crippen LogP) is 4.18. The van der Waals surface area contributed by atoms with Gasteiger partial charge in [0.05, 0.1) is 11.2 Å². The second-order valence-electron chi connectivity index (χ2n) is 3.97. The van der Waals surface area contributed by atoms with Crippen LogP contribution >= 0.6 is 27.3 Å². The summed E-state index contributed by atoms with van der Waals surface area (Å²) in [7, 11) is 0. The van der Waals surface area contributed by atoms with Crippen LogP contribution in [0.2, 0.25) is 0 Å². The lowest BCUT2D eigenvalue weighted by Gasteiger charge is -2.09. The van der Waals surface area contributed by atoms with Crippen LogP contribution in [0.1, 0.15) is 16.1 Å². The SMILES string of the molecule is Cc1cccc(NCCc2scnc2C)c1Br. The molecule has 0 saturated heterocycles. The van der Waals surface area contributed by atoms with Gasteiger partial charge in [-0.1, -0.05) is 12.1 Å². The molecular weight excluding hydrogens is 296 g/mol. The third kappa shape index (κ3) is 3.07. The summed E-state index contributed by atoms with van der Waals surface area (Å²) in [4.78, 5) is 5.62. The minimum Gasteiger partial charge on any atom is -0.384 e. The number of hydrogen-bond donors (Lipinski definition) is 1. The molecule has 2 aromatic rings. The second kappa shape index (κ2) is 5.65. The van der Waals surface area contributed by atoms with E-state index in [4.69, 9.17) is 0 Å². The number of nitrogens with one attached hydrogen (secondary N) is 1. The molecule has 0 atom stereocenters. The van der Waals surface area contributed by atoms with Crippen molar-refractivity contribution in [2.45, 2.75) is 20.3 Å². The molecule has 1 heterocycles. The number of benzene rings is 1. The summed E-state index contributed by atoms with van der Waals surface area (Å²) < 4.78 is 1.15. The third-order valence-corrected chi connectivity index (χ3v) is 4.75. The zero-order chi connectivity index (χ0) is 12.3. The van der Waals surface area contributed by atoms with Crippen LogP contribution in [-0.4, -0.2) is 11.5 Å². The van der Waals surface area contributed by atoms with Crippen molar-refractivity contribution in [3.8, 4) is 0 Å². The number of rotatable bonds is 4. The summed E-state index contributed by atoms with van der Waals surface area (Å²) in [6, 6.07) is 6.26. The molecule has 0 unspecified atom stereocenters. The quantitative estimate of drug-likeness (QED) is 0.916. The van der Waals surface area contributed by atoms with Gasteiger partial charge in [0.25, 0.3) is 0 Å². The van der Waals surface area contributed by atoms with E-state index in [0.29, 0.717) is 0 Å². The molecule has 90 valence electrons. The lowest BCUT2D eigenvalue weighted by atomic mass is 10.2. The fourth-order valence-corrected chi connectivity index (χ4v) is 2.85. The molecule has 0 fully saturated rings. The van der Waals surface area contributed by atoms with Crippen molar-refractivity contribution in [3.05, 3.63) is 44.3 Å². The van der Waals surface area contributed by atoms with Crippen molar-refractivity contribution in [2.75, 3.05) is 11.9 Å². The zero-order valence-electron chi connectivity index (χ0n) is 9.96. The van der Waals surface area contributed by atoms with Crippen LogP contribution in [0.3, 0.4) is 0 Å². The van der Waals surface area contributed by atoms with Crippen LogP contribution in [0.15, 0.2) is 28.2 Å². The third-order valence-electron chi connectivity index (χ3n) is 2.70. The molecule has 0 bridgehead atoms. The van der Waals surface area contributed by atoms with Gasteiger partial charge in [0, 0.05) is 28.0 Å². The normalized spacial score (nSPS) is 10.5. The van der Waals surface area contributed by atoms with E-state index in [1.807, 2.05) is 5.51 Å². The molecule has 0 saturated carbocycles. The Bertz CT molecular complexity index is 508. The highest BCUT2D eigenvalue weighted by atomic mass is 79.9. The number of aromatic nitrogens is 1. The Morgan fingerprint density at radius 2 is 2.18 bits per heavy atom. The van der Waals surface area contributed by atoms with Crippen molar-refractivity contribution < 1.29 is 0 Å². The first-order chi connectivity index (χ1) is 8.18. The number of aryl methyl sites for hydroxylation is 2. The standard InChI is InChI=1S/C13H15BrN2S/c1-9-4-3-5-11(13(9)14)15-7-6-12-10(2)16-8-17-12/h3-5,8,15H,6-7H2,1-2H3. The molecule has 17 heavy (non-hydrogen) atoms. The van der Waals surface area contributed by atoms with Crippen molar-refractivity contribution in [1.29, 1.82) is 0 Å². The van der Waals surface area contributed by atoms with Crippen molar-refractivity contribution in [3.63, 3.8) is 0 Å². The average molecular weight is 311 g/mol. The molecule has 4 heteroatoms. The smallest absolute Gasteiger partial charge is 0.0797 e. The van der Waals surface area contributed by atoms with Crippen molar-refractivity contribution in [1.82, 2.24) is 4.98 Å². The monoisotopic (exact) mass is 310 g/mol. The maximum Gasteiger partial charge on any atom is 0.0797 e. The molecule has 0 radical (unpaired) electrons. The summed E-state index contributed by atoms with van der Waals surface area (Å²) in [6.45, 7) is 5.10. The fraction of sp³-hybridized carbons (Fsp3) is 0.308. The van der Waals surface area contributed by atoms with Gasteiger partial charge in [-0.3, -0.25) is 0 Å². The fourth-order valence-electron chi connectivity index (χ4n) is 1.66. The van der Waals surface area contributed by atoms with E-state index in [9.17, 15) is 0 Å². The first kappa shape index (κ1) is 12.6. The molecule has 2 rings (SSSR count). The Morgan fingerprint density at radius 1 is 1.35 bits per heavy atom. The molecule has 0 aliphatic rings. The Balaban J connectivity index is 1.95. The van der Waals surface area contributed by atoms with Crippen molar-refractivity contribution in [2.24, 2.45) is 0 Å².